The molecule has 0 aliphatic carbocycles. The van der Waals surface area contributed by atoms with Crippen molar-refractivity contribution >= 4 is 5.69 Å². The summed E-state index contributed by atoms with van der Waals surface area (Å²) in [5.41, 5.74) is 2.84. The zero-order valence-corrected chi connectivity index (χ0v) is 8.81. The Hall–Kier alpha value is -2.16. The maximum atomic E-state index is 10.6. The third kappa shape index (κ3) is 2.08. The molecule has 0 saturated carbocycles. The van der Waals surface area contributed by atoms with Crippen LogP contribution in [-0.2, 0) is 0 Å². The van der Waals surface area contributed by atoms with Crippen LogP contribution in [0, 0.1) is 23.1 Å². The van der Waals surface area contributed by atoms with Crippen molar-refractivity contribution in [1.29, 1.82) is 0 Å². The number of nitro benzene ring substituents is 1. The molecule has 0 N–H and O–H groups in total. The Labute approximate surface area is 93.5 Å². The summed E-state index contributed by atoms with van der Waals surface area (Å²) in [5, 5.41) is 10.6. The lowest BCUT2D eigenvalue weighted by Crippen LogP contribution is -1.88. The van der Waals surface area contributed by atoms with E-state index in [0.29, 0.717) is 0 Å². The Kier molecular flexibility index (Phi) is 2.68. The highest BCUT2D eigenvalue weighted by atomic mass is 16.6. The Balaban J connectivity index is 2.44. The van der Waals surface area contributed by atoms with Gasteiger partial charge in [-0.1, -0.05) is 42.0 Å². The summed E-state index contributed by atoms with van der Waals surface area (Å²) in [5.74, 6) is 0. The highest BCUT2D eigenvalue weighted by Gasteiger charge is 2.07. The monoisotopic (exact) mass is 212 g/mol. The minimum absolute atomic E-state index is 0.00178. The quantitative estimate of drug-likeness (QED) is 0.565. The average molecular weight is 212 g/mol. The molecule has 79 valence electrons. The van der Waals surface area contributed by atoms with E-state index < -0.39 is 4.92 Å². The van der Waals surface area contributed by atoms with Crippen LogP contribution < -0.4 is 0 Å². The van der Waals surface area contributed by atoms with E-state index in [0.717, 1.165) is 16.7 Å². The zero-order valence-electron chi connectivity index (χ0n) is 8.81. The molecule has 3 heteroatoms. The molecule has 0 fully saturated rings. The van der Waals surface area contributed by atoms with Crippen molar-refractivity contribution in [2.45, 2.75) is 6.92 Å². The minimum Gasteiger partial charge on any atom is -0.258 e. The van der Waals surface area contributed by atoms with Gasteiger partial charge in [-0.05, 0) is 18.1 Å². The van der Waals surface area contributed by atoms with Crippen LogP contribution in [0.15, 0.2) is 42.5 Å². The topological polar surface area (TPSA) is 43.1 Å². The second-order valence-electron chi connectivity index (χ2n) is 3.57. The van der Waals surface area contributed by atoms with Crippen LogP contribution in [0.1, 0.15) is 5.56 Å². The van der Waals surface area contributed by atoms with Gasteiger partial charge in [0, 0.05) is 6.07 Å². The Morgan fingerprint density at radius 2 is 1.81 bits per heavy atom. The van der Waals surface area contributed by atoms with Crippen molar-refractivity contribution in [3.8, 4) is 11.1 Å². The van der Waals surface area contributed by atoms with Crippen LogP contribution in [0.5, 0.6) is 0 Å². The van der Waals surface area contributed by atoms with E-state index in [-0.39, 0.29) is 5.69 Å². The van der Waals surface area contributed by atoms with Crippen molar-refractivity contribution in [3.63, 3.8) is 0 Å². The maximum Gasteiger partial charge on any atom is 0.278 e. The molecule has 0 heterocycles. The third-order valence-corrected chi connectivity index (χ3v) is 2.34. The summed E-state index contributed by atoms with van der Waals surface area (Å²) in [7, 11) is 0. The van der Waals surface area contributed by atoms with Gasteiger partial charge in [-0.2, -0.15) is 0 Å². The molecule has 1 radical (unpaired) electrons. The number of nitro groups is 1. The van der Waals surface area contributed by atoms with Crippen LogP contribution >= 0.6 is 0 Å². The largest absolute Gasteiger partial charge is 0.278 e. The van der Waals surface area contributed by atoms with E-state index in [1.807, 2.05) is 37.3 Å². The first-order valence-electron chi connectivity index (χ1n) is 4.90. The molecule has 2 rings (SSSR count). The van der Waals surface area contributed by atoms with Crippen LogP contribution in [-0.4, -0.2) is 4.92 Å². The van der Waals surface area contributed by atoms with E-state index in [2.05, 4.69) is 6.07 Å². The molecule has 0 spiro atoms. The average Bonchev–Trinajstić information content (AvgIpc) is 2.30. The first kappa shape index (κ1) is 10.4. The lowest BCUT2D eigenvalue weighted by molar-refractivity contribution is -0.385. The predicted molar refractivity (Wildman–Crippen MR) is 62.1 cm³/mol. The molecular formula is C13H10NO2. The van der Waals surface area contributed by atoms with Gasteiger partial charge < -0.3 is 0 Å². The van der Waals surface area contributed by atoms with Crippen molar-refractivity contribution < 1.29 is 4.92 Å². The summed E-state index contributed by atoms with van der Waals surface area (Å²) in [6, 6.07) is 15.5. The smallest absolute Gasteiger partial charge is 0.258 e. The van der Waals surface area contributed by atoms with E-state index >= 15 is 0 Å². The summed E-state index contributed by atoms with van der Waals surface area (Å²) in [4.78, 5) is 10.2. The maximum absolute atomic E-state index is 10.6. The predicted octanol–water partition coefficient (Wildman–Crippen LogP) is 3.37. The van der Waals surface area contributed by atoms with Gasteiger partial charge >= 0.3 is 0 Å². The number of benzene rings is 2. The van der Waals surface area contributed by atoms with Gasteiger partial charge in [0.05, 0.1) is 11.0 Å². The number of nitrogens with zero attached hydrogens (tertiary/aromatic N) is 1. The van der Waals surface area contributed by atoms with Gasteiger partial charge in [0.15, 0.2) is 0 Å². The van der Waals surface area contributed by atoms with Crippen molar-refractivity contribution in [1.82, 2.24) is 0 Å². The molecule has 0 unspecified atom stereocenters. The van der Waals surface area contributed by atoms with Crippen LogP contribution in [0.25, 0.3) is 11.1 Å². The highest BCUT2D eigenvalue weighted by molar-refractivity contribution is 5.65. The molecule has 0 aliphatic heterocycles. The van der Waals surface area contributed by atoms with Crippen LogP contribution in [0.4, 0.5) is 5.69 Å². The minimum atomic E-state index is -0.433. The van der Waals surface area contributed by atoms with Gasteiger partial charge in [-0.3, -0.25) is 10.1 Å². The first-order chi connectivity index (χ1) is 7.66. The lowest BCUT2D eigenvalue weighted by atomic mass is 10.0. The molecule has 0 bridgehead atoms. The Bertz CT molecular complexity index is 518. The third-order valence-electron chi connectivity index (χ3n) is 2.34. The fourth-order valence-corrected chi connectivity index (χ4v) is 1.46. The van der Waals surface area contributed by atoms with Crippen LogP contribution in [0.2, 0.25) is 0 Å². The molecular weight excluding hydrogens is 202 g/mol. The SMILES string of the molecule is Cc1ccc(-c2[c]c([N+](=O)[O-])ccc2)cc1. The highest BCUT2D eigenvalue weighted by Crippen LogP contribution is 2.23. The van der Waals surface area contributed by atoms with Crippen LogP contribution in [0.3, 0.4) is 0 Å². The fourth-order valence-electron chi connectivity index (χ4n) is 1.46. The van der Waals surface area contributed by atoms with E-state index in [1.54, 1.807) is 6.07 Å². The normalized spacial score (nSPS) is 10.1. The molecule has 3 nitrogen and oxygen atoms in total. The first-order valence-corrected chi connectivity index (χ1v) is 4.90. The molecule has 0 saturated heterocycles. The van der Waals surface area contributed by atoms with Gasteiger partial charge in [0.1, 0.15) is 0 Å². The van der Waals surface area contributed by atoms with E-state index in [4.69, 9.17) is 0 Å². The molecule has 0 atom stereocenters. The van der Waals surface area contributed by atoms with E-state index in [1.165, 1.54) is 6.07 Å². The van der Waals surface area contributed by atoms with Crippen molar-refractivity contribution in [3.05, 3.63) is 64.2 Å². The molecule has 0 amide bonds. The summed E-state index contributed by atoms with van der Waals surface area (Å²) >= 11 is 0. The van der Waals surface area contributed by atoms with Crippen molar-refractivity contribution in [2.24, 2.45) is 0 Å². The molecule has 0 aromatic heterocycles. The van der Waals surface area contributed by atoms with E-state index in [9.17, 15) is 10.1 Å². The van der Waals surface area contributed by atoms with Gasteiger partial charge in [-0.15, -0.1) is 0 Å². The fraction of sp³-hybridized carbons (Fsp3) is 0.0769. The number of non-ortho nitro benzene ring substituents is 1. The summed E-state index contributed by atoms with van der Waals surface area (Å²) in [6.07, 6.45) is 0. The molecule has 2 aromatic carbocycles. The van der Waals surface area contributed by atoms with Gasteiger partial charge in [0.25, 0.3) is 5.69 Å². The lowest BCUT2D eigenvalue weighted by Gasteiger charge is -2.01. The van der Waals surface area contributed by atoms with Crippen molar-refractivity contribution in [2.75, 3.05) is 0 Å². The summed E-state index contributed by atoms with van der Waals surface area (Å²) < 4.78 is 0. The number of rotatable bonds is 2. The Morgan fingerprint density at radius 1 is 1.12 bits per heavy atom. The zero-order chi connectivity index (χ0) is 11.5. The number of hydrogen-bond donors (Lipinski definition) is 0. The van der Waals surface area contributed by atoms with Gasteiger partial charge in [0.2, 0.25) is 0 Å². The van der Waals surface area contributed by atoms with Gasteiger partial charge in [-0.25, -0.2) is 0 Å². The summed E-state index contributed by atoms with van der Waals surface area (Å²) in [6.45, 7) is 2.00. The number of aryl methyl sites for hydroxylation is 1. The molecule has 16 heavy (non-hydrogen) atoms. The standard InChI is InChI=1S/C13H10NO2/c1-10-5-7-11(8-6-10)12-3-2-4-13(9-12)14(15)16/h2-8H,1H3. The molecule has 0 aliphatic rings. The second-order valence-corrected chi connectivity index (χ2v) is 3.57. The second kappa shape index (κ2) is 4.14. The number of hydrogen-bond acceptors (Lipinski definition) is 2. The Morgan fingerprint density at radius 3 is 2.44 bits per heavy atom. The molecule has 2 aromatic rings.